The first-order valence-electron chi connectivity index (χ1n) is 11.5. The molecule has 182 valence electrons. The van der Waals surface area contributed by atoms with Crippen molar-refractivity contribution in [2.45, 2.75) is 12.1 Å². The van der Waals surface area contributed by atoms with Crippen LogP contribution in [0.25, 0.3) is 11.0 Å². The number of aromatic nitrogens is 4. The van der Waals surface area contributed by atoms with Gasteiger partial charge in [-0.3, -0.25) is 14.8 Å². The molecule has 35 heavy (non-hydrogen) atoms. The molecule has 12 heteroatoms. The van der Waals surface area contributed by atoms with Gasteiger partial charge in [-0.25, -0.2) is 9.78 Å². The Morgan fingerprint density at radius 1 is 1.14 bits per heavy atom. The molecule has 0 aliphatic carbocycles. The molecule has 2 saturated heterocycles. The molecule has 6 heterocycles. The second kappa shape index (κ2) is 8.69. The first-order chi connectivity index (χ1) is 17.1. The quantitative estimate of drug-likeness (QED) is 0.510. The van der Waals surface area contributed by atoms with Gasteiger partial charge < -0.3 is 23.8 Å². The number of anilines is 2. The van der Waals surface area contributed by atoms with Gasteiger partial charge >= 0.3 is 6.09 Å². The van der Waals surface area contributed by atoms with Crippen molar-refractivity contribution in [1.82, 2.24) is 25.1 Å². The number of cyclic esters (lactones) is 1. The number of methoxy groups -OCH3 is 1. The maximum Gasteiger partial charge on any atom is 0.416 e. The molecule has 3 aromatic heterocycles. The van der Waals surface area contributed by atoms with Crippen LogP contribution < -0.4 is 24.0 Å². The topological polar surface area (TPSA) is 115 Å². The molecule has 0 N–H and O–H groups in total. The molecular formula is C23H25N7O5. The van der Waals surface area contributed by atoms with Crippen LogP contribution in [0.4, 0.5) is 16.3 Å². The molecule has 12 nitrogen and oxygen atoms in total. The molecule has 0 aromatic carbocycles. The summed E-state index contributed by atoms with van der Waals surface area (Å²) >= 11 is 0. The molecule has 0 unspecified atom stereocenters. The third-order valence-electron chi connectivity index (χ3n) is 6.51. The normalized spacial score (nSPS) is 19.7. The van der Waals surface area contributed by atoms with E-state index in [-0.39, 0.29) is 6.10 Å². The number of pyridine rings is 2. The van der Waals surface area contributed by atoms with Crippen molar-refractivity contribution in [2.24, 2.45) is 0 Å². The molecule has 3 aromatic rings. The first-order valence-corrected chi connectivity index (χ1v) is 11.5. The highest BCUT2D eigenvalue weighted by molar-refractivity contribution is 5.89. The van der Waals surface area contributed by atoms with E-state index in [9.17, 15) is 4.79 Å². The molecular weight excluding hydrogens is 454 g/mol. The van der Waals surface area contributed by atoms with Crippen LogP contribution in [0.1, 0.15) is 0 Å². The lowest BCUT2D eigenvalue weighted by Crippen LogP contribution is -2.59. The second-order valence-corrected chi connectivity index (χ2v) is 8.74. The van der Waals surface area contributed by atoms with Crippen molar-refractivity contribution >= 4 is 28.6 Å². The smallest absolute Gasteiger partial charge is 0.416 e. The van der Waals surface area contributed by atoms with Crippen molar-refractivity contribution in [3.63, 3.8) is 0 Å². The molecule has 3 aliphatic rings. The highest BCUT2D eigenvalue weighted by Crippen LogP contribution is 2.32. The molecule has 2 fully saturated rings. The van der Waals surface area contributed by atoms with Crippen LogP contribution in [0, 0.1) is 0 Å². The van der Waals surface area contributed by atoms with Crippen molar-refractivity contribution in [1.29, 1.82) is 0 Å². The van der Waals surface area contributed by atoms with Crippen LogP contribution in [0.3, 0.4) is 0 Å². The summed E-state index contributed by atoms with van der Waals surface area (Å²) in [5.41, 5.74) is 2.70. The molecule has 0 spiro atoms. The number of rotatable bonds is 6. The lowest BCUT2D eigenvalue weighted by Gasteiger charge is -2.45. The van der Waals surface area contributed by atoms with Crippen LogP contribution >= 0.6 is 0 Å². The van der Waals surface area contributed by atoms with E-state index in [0.29, 0.717) is 55.7 Å². The van der Waals surface area contributed by atoms with Crippen molar-refractivity contribution < 1.29 is 23.7 Å². The van der Waals surface area contributed by atoms with Gasteiger partial charge in [-0.05, 0) is 19.2 Å². The number of amides is 1. The van der Waals surface area contributed by atoms with Crippen LogP contribution in [0.5, 0.6) is 17.5 Å². The van der Waals surface area contributed by atoms with Gasteiger partial charge in [0.15, 0.2) is 11.6 Å². The standard InChI is InChI=1S/C23H25N7O5/c1-28(14-10-29(11-14)17-5-6-24-16-3-4-20(32-2)25-21(16)17)12-15-13-30(23(31)35-15)19-9-18-22(27-26-19)34-8-7-33-18/h3-6,9,14-15H,7-8,10-13H2,1-2H3/t15-/m1/s1. The molecule has 1 atom stereocenters. The average Bonchev–Trinajstić information content (AvgIpc) is 3.22. The number of carbonyl (C=O) groups excluding carboxylic acids is 1. The largest absolute Gasteiger partial charge is 0.484 e. The Morgan fingerprint density at radius 2 is 2.00 bits per heavy atom. The fourth-order valence-corrected chi connectivity index (χ4v) is 4.55. The minimum absolute atomic E-state index is 0.274. The predicted molar refractivity (Wildman–Crippen MR) is 125 cm³/mol. The minimum atomic E-state index is -0.437. The summed E-state index contributed by atoms with van der Waals surface area (Å²) in [6.45, 7) is 3.56. The Kier molecular flexibility index (Phi) is 5.36. The van der Waals surface area contributed by atoms with Gasteiger partial charge in [0, 0.05) is 44.0 Å². The molecule has 0 bridgehead atoms. The zero-order chi connectivity index (χ0) is 23.9. The van der Waals surface area contributed by atoms with Crippen molar-refractivity contribution in [2.75, 3.05) is 63.4 Å². The Morgan fingerprint density at radius 3 is 2.86 bits per heavy atom. The van der Waals surface area contributed by atoms with Gasteiger partial charge in [0.05, 0.1) is 24.9 Å². The van der Waals surface area contributed by atoms with E-state index in [2.05, 4.69) is 30.0 Å². The molecule has 0 saturated carbocycles. The van der Waals surface area contributed by atoms with Gasteiger partial charge in [0.25, 0.3) is 5.88 Å². The summed E-state index contributed by atoms with van der Waals surface area (Å²) in [7, 11) is 3.66. The Balaban J connectivity index is 1.08. The van der Waals surface area contributed by atoms with E-state index in [1.54, 1.807) is 19.4 Å². The predicted octanol–water partition coefficient (Wildman–Crippen LogP) is 1.35. The first kappa shape index (κ1) is 21.6. The number of fused-ring (bicyclic) bond motifs is 2. The van der Waals surface area contributed by atoms with Gasteiger partial charge in [-0.1, -0.05) is 0 Å². The van der Waals surface area contributed by atoms with Gasteiger partial charge in [-0.2, -0.15) is 0 Å². The van der Waals surface area contributed by atoms with E-state index in [1.807, 2.05) is 25.2 Å². The Hall–Kier alpha value is -3.93. The van der Waals surface area contributed by atoms with Gasteiger partial charge in [0.2, 0.25) is 5.88 Å². The summed E-state index contributed by atoms with van der Waals surface area (Å²) in [4.78, 5) is 27.5. The Labute approximate surface area is 201 Å². The summed E-state index contributed by atoms with van der Waals surface area (Å²) in [6.07, 6.45) is 1.09. The zero-order valence-corrected chi connectivity index (χ0v) is 19.5. The number of nitrogens with zero attached hydrogens (tertiary/aromatic N) is 7. The number of ether oxygens (including phenoxy) is 4. The second-order valence-electron chi connectivity index (χ2n) is 8.74. The lowest BCUT2D eigenvalue weighted by atomic mass is 10.1. The van der Waals surface area contributed by atoms with Gasteiger partial charge in [0.1, 0.15) is 24.8 Å². The molecule has 0 radical (unpaired) electrons. The van der Waals surface area contributed by atoms with E-state index < -0.39 is 6.09 Å². The SMILES string of the molecule is COc1ccc2nccc(N3CC(N(C)C[C@@H]4CN(c5cc6c(nn5)OCCO6)C(=O)O4)C3)c2n1. The summed E-state index contributed by atoms with van der Waals surface area (Å²) in [5, 5.41) is 8.14. The monoisotopic (exact) mass is 479 g/mol. The highest BCUT2D eigenvalue weighted by atomic mass is 16.6. The highest BCUT2D eigenvalue weighted by Gasteiger charge is 2.38. The number of likely N-dealkylation sites (N-methyl/N-ethyl adjacent to an activating group) is 1. The Bertz CT molecular complexity index is 1270. The van der Waals surface area contributed by atoms with Crippen molar-refractivity contribution in [3.8, 4) is 17.5 Å². The average molecular weight is 479 g/mol. The fraction of sp³-hybridized carbons (Fsp3) is 0.435. The van der Waals surface area contributed by atoms with Crippen molar-refractivity contribution in [3.05, 3.63) is 30.5 Å². The molecule has 3 aliphatic heterocycles. The summed E-state index contributed by atoms with van der Waals surface area (Å²) < 4.78 is 21.9. The van der Waals surface area contributed by atoms with E-state index >= 15 is 0 Å². The molecule has 1 amide bonds. The zero-order valence-electron chi connectivity index (χ0n) is 19.5. The van der Waals surface area contributed by atoms with Crippen LogP contribution in [-0.2, 0) is 4.74 Å². The third kappa shape index (κ3) is 3.99. The maximum atomic E-state index is 12.5. The van der Waals surface area contributed by atoms with Gasteiger partial charge in [-0.15, -0.1) is 10.2 Å². The minimum Gasteiger partial charge on any atom is -0.484 e. The third-order valence-corrected chi connectivity index (χ3v) is 6.51. The van der Waals surface area contributed by atoms with E-state index in [0.717, 1.165) is 29.8 Å². The van der Waals surface area contributed by atoms with Crippen LogP contribution in [-0.4, -0.2) is 96.9 Å². The van der Waals surface area contributed by atoms with Crippen LogP contribution in [0.15, 0.2) is 30.5 Å². The summed E-state index contributed by atoms with van der Waals surface area (Å²) in [6, 6.07) is 7.71. The number of hydrogen-bond donors (Lipinski definition) is 0. The van der Waals surface area contributed by atoms with Crippen LogP contribution in [0.2, 0.25) is 0 Å². The summed E-state index contributed by atoms with van der Waals surface area (Å²) in [5.74, 6) is 1.79. The number of carbonyl (C=O) groups is 1. The molecule has 6 rings (SSSR count). The maximum absolute atomic E-state index is 12.5. The lowest BCUT2D eigenvalue weighted by molar-refractivity contribution is 0.0957. The number of hydrogen-bond acceptors (Lipinski definition) is 11. The van der Waals surface area contributed by atoms with E-state index in [4.69, 9.17) is 18.9 Å². The van der Waals surface area contributed by atoms with E-state index in [1.165, 1.54) is 4.90 Å². The fourth-order valence-electron chi connectivity index (χ4n) is 4.55.